The lowest BCUT2D eigenvalue weighted by molar-refractivity contribution is 0.314. The summed E-state index contributed by atoms with van der Waals surface area (Å²) in [5.41, 5.74) is 10.2. The second-order valence-electron chi connectivity index (χ2n) is 6.77. The molecular formula is C20H27Cl2N3O. The Bertz CT molecular complexity index is 823. The van der Waals surface area contributed by atoms with Crippen LogP contribution in [0.2, 0.25) is 0 Å². The van der Waals surface area contributed by atoms with Gasteiger partial charge in [0.2, 0.25) is 0 Å². The molecule has 3 aromatic rings. The van der Waals surface area contributed by atoms with Gasteiger partial charge < -0.3 is 10.5 Å². The van der Waals surface area contributed by atoms with Gasteiger partial charge in [-0.2, -0.15) is 5.10 Å². The molecule has 0 saturated heterocycles. The third-order valence-electron chi connectivity index (χ3n) is 4.26. The molecule has 0 atom stereocenters. The maximum atomic E-state index is 6.18. The van der Waals surface area contributed by atoms with E-state index in [9.17, 15) is 0 Å². The number of ether oxygens (including phenoxy) is 1. The summed E-state index contributed by atoms with van der Waals surface area (Å²) < 4.78 is 6.12. The maximum Gasteiger partial charge on any atom is 0.138 e. The van der Waals surface area contributed by atoms with Crippen LogP contribution in [0, 0.1) is 0 Å². The van der Waals surface area contributed by atoms with Gasteiger partial charge in [0.15, 0.2) is 0 Å². The molecule has 0 spiro atoms. The summed E-state index contributed by atoms with van der Waals surface area (Å²) in [6, 6.07) is 12.5. The summed E-state index contributed by atoms with van der Waals surface area (Å²) in [6.07, 6.45) is 3.97. The zero-order valence-electron chi connectivity index (χ0n) is 15.4. The number of nitrogens with one attached hydrogen (secondary N) is 1. The lowest BCUT2D eigenvalue weighted by atomic mass is 9.93. The molecule has 0 aliphatic carbocycles. The Morgan fingerprint density at radius 3 is 2.38 bits per heavy atom. The number of nitrogens with zero attached hydrogens (tertiary/aromatic N) is 1. The minimum absolute atomic E-state index is 0. The van der Waals surface area contributed by atoms with E-state index in [-0.39, 0.29) is 30.4 Å². The minimum Gasteiger partial charge on any atom is -0.492 e. The van der Waals surface area contributed by atoms with Gasteiger partial charge in [0, 0.05) is 11.1 Å². The number of benzene rings is 2. The van der Waals surface area contributed by atoms with Crippen LogP contribution in [0.5, 0.6) is 5.75 Å². The zero-order chi connectivity index (χ0) is 17.2. The zero-order valence-corrected chi connectivity index (χ0v) is 17.0. The van der Waals surface area contributed by atoms with Crippen molar-refractivity contribution in [3.8, 4) is 16.9 Å². The van der Waals surface area contributed by atoms with E-state index in [4.69, 9.17) is 10.5 Å². The molecule has 4 nitrogen and oxygen atoms in total. The normalized spacial score (nSPS) is 10.9. The standard InChI is InChI=1S/C20H25N3O.2ClH/c1-4-5-12-24-19-16(10-11-18-17(19)13-22-23-18)14-6-8-15(9-7-14)20(2,3)21;;/h6-11,13H,4-5,12,21H2,1-3H3,(H,22,23);2*1H. The van der Waals surface area contributed by atoms with Crippen molar-refractivity contribution in [3.63, 3.8) is 0 Å². The highest BCUT2D eigenvalue weighted by atomic mass is 35.5. The number of rotatable bonds is 6. The first-order valence-electron chi connectivity index (χ1n) is 8.49. The van der Waals surface area contributed by atoms with E-state index in [1.165, 1.54) is 0 Å². The Hall–Kier alpha value is -1.75. The average molecular weight is 396 g/mol. The van der Waals surface area contributed by atoms with Gasteiger partial charge in [0.05, 0.1) is 23.7 Å². The molecule has 0 amide bonds. The van der Waals surface area contributed by atoms with Crippen LogP contribution in [0.4, 0.5) is 0 Å². The first kappa shape index (κ1) is 22.3. The van der Waals surface area contributed by atoms with Crippen LogP contribution < -0.4 is 10.5 Å². The molecule has 3 rings (SSSR count). The third-order valence-corrected chi connectivity index (χ3v) is 4.26. The van der Waals surface area contributed by atoms with E-state index in [0.29, 0.717) is 6.61 Å². The van der Waals surface area contributed by atoms with Gasteiger partial charge in [0.1, 0.15) is 5.75 Å². The quantitative estimate of drug-likeness (QED) is 0.545. The van der Waals surface area contributed by atoms with Crippen molar-refractivity contribution < 1.29 is 4.74 Å². The van der Waals surface area contributed by atoms with E-state index in [0.717, 1.165) is 46.2 Å². The van der Waals surface area contributed by atoms with Crippen LogP contribution in [-0.2, 0) is 5.54 Å². The van der Waals surface area contributed by atoms with E-state index >= 15 is 0 Å². The van der Waals surface area contributed by atoms with Gasteiger partial charge in [0.25, 0.3) is 0 Å². The Morgan fingerprint density at radius 2 is 1.77 bits per heavy atom. The molecule has 0 radical (unpaired) electrons. The minimum atomic E-state index is -0.340. The number of unbranched alkanes of at least 4 members (excludes halogenated alkanes) is 1. The highest BCUT2D eigenvalue weighted by Crippen LogP contribution is 2.37. The van der Waals surface area contributed by atoms with Crippen molar-refractivity contribution in [2.24, 2.45) is 5.73 Å². The molecule has 0 bridgehead atoms. The summed E-state index contributed by atoms with van der Waals surface area (Å²) in [7, 11) is 0. The Balaban J connectivity index is 0.00000169. The fraction of sp³-hybridized carbons (Fsp3) is 0.350. The molecule has 1 aromatic heterocycles. The van der Waals surface area contributed by atoms with Gasteiger partial charge in [-0.3, -0.25) is 5.10 Å². The van der Waals surface area contributed by atoms with Crippen molar-refractivity contribution in [1.29, 1.82) is 0 Å². The van der Waals surface area contributed by atoms with E-state index in [2.05, 4.69) is 47.5 Å². The van der Waals surface area contributed by atoms with Crippen molar-refractivity contribution in [1.82, 2.24) is 10.2 Å². The number of halogens is 2. The smallest absolute Gasteiger partial charge is 0.138 e. The van der Waals surface area contributed by atoms with Crippen LogP contribution >= 0.6 is 24.8 Å². The molecular weight excluding hydrogens is 369 g/mol. The number of H-pyrrole nitrogens is 1. The molecule has 0 aliphatic rings. The monoisotopic (exact) mass is 395 g/mol. The molecule has 0 aliphatic heterocycles. The predicted octanol–water partition coefficient (Wildman–Crippen LogP) is 5.45. The summed E-state index contributed by atoms with van der Waals surface area (Å²) >= 11 is 0. The van der Waals surface area contributed by atoms with Crippen LogP contribution in [0.3, 0.4) is 0 Å². The maximum absolute atomic E-state index is 6.18. The van der Waals surface area contributed by atoms with Crippen molar-refractivity contribution >= 4 is 35.7 Å². The lowest BCUT2D eigenvalue weighted by Crippen LogP contribution is -2.28. The number of fused-ring (bicyclic) bond motifs is 1. The van der Waals surface area contributed by atoms with Crippen molar-refractivity contribution in [2.45, 2.75) is 39.2 Å². The largest absolute Gasteiger partial charge is 0.492 e. The van der Waals surface area contributed by atoms with Crippen LogP contribution in [0.15, 0.2) is 42.6 Å². The van der Waals surface area contributed by atoms with Crippen molar-refractivity contribution in [3.05, 3.63) is 48.2 Å². The van der Waals surface area contributed by atoms with E-state index < -0.39 is 0 Å². The lowest BCUT2D eigenvalue weighted by Gasteiger charge is -2.20. The number of nitrogens with two attached hydrogens (primary N) is 1. The first-order valence-corrected chi connectivity index (χ1v) is 8.49. The molecule has 0 unspecified atom stereocenters. The first-order chi connectivity index (χ1) is 11.5. The van der Waals surface area contributed by atoms with E-state index in [1.54, 1.807) is 0 Å². The SMILES string of the molecule is CCCCOc1c(-c2ccc(C(C)(C)N)cc2)ccc2[nH]ncc12.Cl.Cl. The molecule has 142 valence electrons. The Labute approximate surface area is 167 Å². The predicted molar refractivity (Wildman–Crippen MR) is 114 cm³/mol. The number of hydrogen-bond donors (Lipinski definition) is 2. The summed E-state index contributed by atoms with van der Waals surface area (Å²) in [6.45, 7) is 6.90. The molecule has 0 fully saturated rings. The number of hydrogen-bond acceptors (Lipinski definition) is 3. The second kappa shape index (κ2) is 9.26. The van der Waals surface area contributed by atoms with E-state index in [1.807, 2.05) is 26.1 Å². The van der Waals surface area contributed by atoms with Gasteiger partial charge in [-0.1, -0.05) is 37.6 Å². The third kappa shape index (κ3) is 4.70. The molecule has 3 N–H and O–H groups in total. The highest BCUT2D eigenvalue weighted by molar-refractivity contribution is 5.92. The van der Waals surface area contributed by atoms with Crippen LogP contribution in [-0.4, -0.2) is 16.8 Å². The molecule has 2 aromatic carbocycles. The van der Waals surface area contributed by atoms with Gasteiger partial charge >= 0.3 is 0 Å². The highest BCUT2D eigenvalue weighted by Gasteiger charge is 2.16. The Kier molecular flexibility index (Phi) is 7.94. The molecule has 6 heteroatoms. The summed E-state index contributed by atoms with van der Waals surface area (Å²) in [5.74, 6) is 0.898. The fourth-order valence-electron chi connectivity index (χ4n) is 2.77. The number of aromatic nitrogens is 2. The molecule has 26 heavy (non-hydrogen) atoms. The summed E-state index contributed by atoms with van der Waals surface area (Å²) in [4.78, 5) is 0. The molecule has 1 heterocycles. The topological polar surface area (TPSA) is 63.9 Å². The van der Waals surface area contributed by atoms with Crippen LogP contribution in [0.1, 0.15) is 39.2 Å². The summed E-state index contributed by atoms with van der Waals surface area (Å²) in [5, 5.41) is 8.18. The van der Waals surface area contributed by atoms with Gasteiger partial charge in [-0.05, 0) is 43.5 Å². The number of aromatic amines is 1. The van der Waals surface area contributed by atoms with Gasteiger partial charge in [-0.15, -0.1) is 24.8 Å². The van der Waals surface area contributed by atoms with Gasteiger partial charge in [-0.25, -0.2) is 0 Å². The average Bonchev–Trinajstić information content (AvgIpc) is 3.03. The molecule has 0 saturated carbocycles. The van der Waals surface area contributed by atoms with Crippen LogP contribution in [0.25, 0.3) is 22.0 Å². The fourth-order valence-corrected chi connectivity index (χ4v) is 2.77. The Morgan fingerprint density at radius 1 is 1.08 bits per heavy atom. The second-order valence-corrected chi connectivity index (χ2v) is 6.77. The van der Waals surface area contributed by atoms with Crippen molar-refractivity contribution in [2.75, 3.05) is 6.61 Å².